The Hall–Kier alpha value is -0.610. The first kappa shape index (κ1) is 10.5. The fourth-order valence-corrected chi connectivity index (χ4v) is 3.07. The van der Waals surface area contributed by atoms with Crippen LogP contribution in [-0.2, 0) is 0 Å². The Labute approximate surface area is 107 Å². The van der Waals surface area contributed by atoms with Crippen LogP contribution in [0.2, 0.25) is 0 Å². The van der Waals surface area contributed by atoms with Gasteiger partial charge in [-0.2, -0.15) is 0 Å². The molecule has 3 rings (SSSR count). The molecule has 0 saturated heterocycles. The molecule has 84 valence electrons. The number of benzene rings is 1. The molecule has 2 nitrogen and oxygen atoms in total. The number of halogens is 1. The van der Waals surface area contributed by atoms with Crippen LogP contribution in [0.15, 0.2) is 22.7 Å². The average Bonchev–Trinajstić information content (AvgIpc) is 2.64. The molecular formula is C12H13BrN2S. The molecule has 0 bridgehead atoms. The van der Waals surface area contributed by atoms with Crippen molar-refractivity contribution in [3.8, 4) is 0 Å². The highest BCUT2D eigenvalue weighted by molar-refractivity contribution is 9.10. The number of thiazole rings is 1. The molecule has 1 aromatic heterocycles. The van der Waals surface area contributed by atoms with Gasteiger partial charge < -0.3 is 5.32 Å². The number of fused-ring (bicyclic) bond motifs is 1. The molecule has 1 aliphatic carbocycles. The molecule has 1 N–H and O–H groups in total. The summed E-state index contributed by atoms with van der Waals surface area (Å²) in [6.07, 6.45) is 1.24. The lowest BCUT2D eigenvalue weighted by atomic mass is 10.2. The second kappa shape index (κ2) is 3.44. The van der Waals surface area contributed by atoms with Crippen molar-refractivity contribution in [2.24, 2.45) is 5.41 Å². The number of hydrogen-bond acceptors (Lipinski definition) is 3. The maximum absolute atomic E-state index is 4.60. The number of anilines is 1. The third-order valence-electron chi connectivity index (χ3n) is 3.16. The number of nitrogens with zero attached hydrogens (tertiary/aromatic N) is 1. The zero-order chi connectivity index (χ0) is 11.3. The molecule has 1 aromatic carbocycles. The Morgan fingerprint density at radius 3 is 2.94 bits per heavy atom. The van der Waals surface area contributed by atoms with Gasteiger partial charge in [0.1, 0.15) is 0 Å². The quantitative estimate of drug-likeness (QED) is 0.895. The molecule has 1 aliphatic rings. The zero-order valence-corrected chi connectivity index (χ0v) is 11.7. The Morgan fingerprint density at radius 2 is 2.25 bits per heavy atom. The topological polar surface area (TPSA) is 24.9 Å². The lowest BCUT2D eigenvalue weighted by Crippen LogP contribution is -2.07. The standard InChI is InChI=1S/C12H13BrN2S/c1-12(2)6-10(12)15-11-14-8-5-7(13)3-4-9(8)16-11/h3-5,10H,6H2,1-2H3,(H,14,15). The maximum atomic E-state index is 4.60. The molecule has 4 heteroatoms. The van der Waals surface area contributed by atoms with Gasteiger partial charge in [-0.15, -0.1) is 0 Å². The summed E-state index contributed by atoms with van der Waals surface area (Å²) in [7, 11) is 0. The second-order valence-corrected chi connectivity index (χ2v) is 6.97. The molecule has 1 atom stereocenters. The fourth-order valence-electron chi connectivity index (χ4n) is 1.82. The van der Waals surface area contributed by atoms with E-state index in [2.05, 4.69) is 58.3 Å². The molecule has 0 amide bonds. The Bertz CT molecular complexity index is 547. The molecule has 1 saturated carbocycles. The SMILES string of the molecule is CC1(C)CC1Nc1nc2cc(Br)ccc2s1. The second-order valence-electron chi connectivity index (χ2n) is 5.02. The van der Waals surface area contributed by atoms with Crippen LogP contribution < -0.4 is 5.32 Å². The van der Waals surface area contributed by atoms with E-state index in [1.165, 1.54) is 11.1 Å². The monoisotopic (exact) mass is 296 g/mol. The zero-order valence-electron chi connectivity index (χ0n) is 9.25. The molecule has 0 spiro atoms. The Kier molecular flexibility index (Phi) is 2.27. The molecule has 0 radical (unpaired) electrons. The van der Waals surface area contributed by atoms with Crippen molar-refractivity contribution >= 4 is 42.6 Å². The van der Waals surface area contributed by atoms with Crippen molar-refractivity contribution in [2.75, 3.05) is 5.32 Å². The summed E-state index contributed by atoms with van der Waals surface area (Å²) >= 11 is 5.20. The van der Waals surface area contributed by atoms with Crippen molar-refractivity contribution in [2.45, 2.75) is 26.3 Å². The predicted molar refractivity (Wildman–Crippen MR) is 73.1 cm³/mol. The lowest BCUT2D eigenvalue weighted by molar-refractivity contribution is 0.630. The maximum Gasteiger partial charge on any atom is 0.184 e. The van der Waals surface area contributed by atoms with Crippen molar-refractivity contribution in [3.63, 3.8) is 0 Å². The number of rotatable bonds is 2. The third-order valence-corrected chi connectivity index (χ3v) is 4.62. The number of nitrogens with one attached hydrogen (secondary N) is 1. The summed E-state index contributed by atoms with van der Waals surface area (Å²) in [6.45, 7) is 4.57. The van der Waals surface area contributed by atoms with Gasteiger partial charge in [-0.25, -0.2) is 4.98 Å². The Balaban J connectivity index is 1.88. The fraction of sp³-hybridized carbons (Fsp3) is 0.417. The van der Waals surface area contributed by atoms with Crippen LogP contribution >= 0.6 is 27.3 Å². The molecule has 1 heterocycles. The summed E-state index contributed by atoms with van der Waals surface area (Å²) in [6, 6.07) is 6.83. The summed E-state index contributed by atoms with van der Waals surface area (Å²) in [5.74, 6) is 0. The van der Waals surface area contributed by atoms with Crippen LogP contribution in [-0.4, -0.2) is 11.0 Å². The normalized spacial score (nSPS) is 22.3. The van der Waals surface area contributed by atoms with E-state index in [-0.39, 0.29) is 0 Å². The van der Waals surface area contributed by atoms with Crippen molar-refractivity contribution < 1.29 is 0 Å². The van der Waals surface area contributed by atoms with Gasteiger partial charge in [0.15, 0.2) is 5.13 Å². The molecule has 2 aromatic rings. The highest BCUT2D eigenvalue weighted by Crippen LogP contribution is 2.47. The van der Waals surface area contributed by atoms with Gasteiger partial charge in [0.2, 0.25) is 0 Å². The minimum atomic E-state index is 0.443. The van der Waals surface area contributed by atoms with E-state index < -0.39 is 0 Å². The van der Waals surface area contributed by atoms with Crippen LogP contribution in [0, 0.1) is 5.41 Å². The van der Waals surface area contributed by atoms with Crippen LogP contribution in [0.3, 0.4) is 0 Å². The van der Waals surface area contributed by atoms with Crippen LogP contribution in [0.4, 0.5) is 5.13 Å². The van der Waals surface area contributed by atoms with Crippen molar-refractivity contribution in [1.29, 1.82) is 0 Å². The summed E-state index contributed by atoms with van der Waals surface area (Å²) < 4.78 is 2.33. The summed E-state index contributed by atoms with van der Waals surface area (Å²) in [4.78, 5) is 4.60. The number of hydrogen-bond donors (Lipinski definition) is 1. The molecule has 16 heavy (non-hydrogen) atoms. The van der Waals surface area contributed by atoms with E-state index >= 15 is 0 Å². The molecule has 1 fully saturated rings. The highest BCUT2D eigenvalue weighted by Gasteiger charge is 2.46. The van der Waals surface area contributed by atoms with Gasteiger partial charge in [0.05, 0.1) is 10.2 Å². The van der Waals surface area contributed by atoms with Gasteiger partial charge in [0, 0.05) is 10.5 Å². The van der Waals surface area contributed by atoms with Gasteiger partial charge in [0.25, 0.3) is 0 Å². The van der Waals surface area contributed by atoms with E-state index in [9.17, 15) is 0 Å². The van der Waals surface area contributed by atoms with E-state index in [0.717, 1.165) is 15.1 Å². The smallest absolute Gasteiger partial charge is 0.184 e. The average molecular weight is 297 g/mol. The number of aromatic nitrogens is 1. The first-order chi connectivity index (χ1) is 7.54. The van der Waals surface area contributed by atoms with Crippen LogP contribution in [0.5, 0.6) is 0 Å². The highest BCUT2D eigenvalue weighted by atomic mass is 79.9. The predicted octanol–water partition coefficient (Wildman–Crippen LogP) is 4.27. The van der Waals surface area contributed by atoms with E-state index in [0.29, 0.717) is 11.5 Å². The Morgan fingerprint density at radius 1 is 1.50 bits per heavy atom. The molecule has 1 unspecified atom stereocenters. The van der Waals surface area contributed by atoms with Gasteiger partial charge in [-0.1, -0.05) is 41.1 Å². The van der Waals surface area contributed by atoms with Crippen LogP contribution in [0.1, 0.15) is 20.3 Å². The van der Waals surface area contributed by atoms with E-state index in [4.69, 9.17) is 0 Å². The largest absolute Gasteiger partial charge is 0.358 e. The third kappa shape index (κ3) is 1.84. The van der Waals surface area contributed by atoms with E-state index in [1.54, 1.807) is 11.3 Å². The minimum absolute atomic E-state index is 0.443. The molecule has 0 aliphatic heterocycles. The van der Waals surface area contributed by atoms with Crippen LogP contribution in [0.25, 0.3) is 10.2 Å². The van der Waals surface area contributed by atoms with Crippen molar-refractivity contribution in [3.05, 3.63) is 22.7 Å². The van der Waals surface area contributed by atoms with Crippen molar-refractivity contribution in [1.82, 2.24) is 4.98 Å². The molecular weight excluding hydrogens is 284 g/mol. The van der Waals surface area contributed by atoms with Gasteiger partial charge in [-0.3, -0.25) is 0 Å². The minimum Gasteiger partial charge on any atom is -0.358 e. The summed E-state index contributed by atoms with van der Waals surface area (Å²) in [5.41, 5.74) is 1.51. The van der Waals surface area contributed by atoms with Gasteiger partial charge >= 0.3 is 0 Å². The van der Waals surface area contributed by atoms with Gasteiger partial charge in [-0.05, 0) is 30.0 Å². The summed E-state index contributed by atoms with van der Waals surface area (Å²) in [5, 5.41) is 4.55. The lowest BCUT2D eigenvalue weighted by Gasteiger charge is -2.03. The van der Waals surface area contributed by atoms with E-state index in [1.807, 2.05) is 0 Å². The first-order valence-electron chi connectivity index (χ1n) is 5.37. The first-order valence-corrected chi connectivity index (χ1v) is 6.98.